The van der Waals surface area contributed by atoms with Gasteiger partial charge in [0.15, 0.2) is 5.96 Å². The van der Waals surface area contributed by atoms with Crippen molar-refractivity contribution in [2.24, 2.45) is 16.1 Å². The normalized spacial score (nSPS) is 18.0. The number of para-hydroxylation sites is 2. The standard InChI is InChI=1S/C17H27N3O.HI/c1-17(11-7-3-4-8-12-17)13-19-16(18)20-14-9-5-6-10-15(14)21-2;/h5-6,9-10H,3-4,7-8,11-13H2,1-2H3,(H3,18,19,20);1H. The average molecular weight is 417 g/mol. The van der Waals surface area contributed by atoms with Gasteiger partial charge in [0.25, 0.3) is 0 Å². The Labute approximate surface area is 150 Å². The van der Waals surface area contributed by atoms with Crippen molar-refractivity contribution in [1.82, 2.24) is 0 Å². The van der Waals surface area contributed by atoms with E-state index in [9.17, 15) is 0 Å². The van der Waals surface area contributed by atoms with E-state index in [1.54, 1.807) is 7.11 Å². The summed E-state index contributed by atoms with van der Waals surface area (Å²) in [6.45, 7) is 3.12. The molecule has 1 aromatic rings. The maximum Gasteiger partial charge on any atom is 0.193 e. The molecule has 0 saturated heterocycles. The van der Waals surface area contributed by atoms with E-state index in [1.807, 2.05) is 24.3 Å². The number of nitrogens with two attached hydrogens (primary N) is 1. The van der Waals surface area contributed by atoms with Gasteiger partial charge in [-0.3, -0.25) is 4.99 Å². The molecule has 2 rings (SSSR count). The van der Waals surface area contributed by atoms with Gasteiger partial charge in [0.1, 0.15) is 5.75 Å². The molecule has 5 heteroatoms. The van der Waals surface area contributed by atoms with Crippen LogP contribution >= 0.6 is 24.0 Å². The lowest BCUT2D eigenvalue weighted by molar-refractivity contribution is 0.290. The predicted molar refractivity (Wildman–Crippen MR) is 104 cm³/mol. The van der Waals surface area contributed by atoms with E-state index in [4.69, 9.17) is 10.5 Å². The van der Waals surface area contributed by atoms with Crippen molar-refractivity contribution < 1.29 is 4.74 Å². The maximum atomic E-state index is 6.03. The van der Waals surface area contributed by atoms with Crippen LogP contribution in [0.15, 0.2) is 29.3 Å². The number of hydrogen-bond acceptors (Lipinski definition) is 2. The number of methoxy groups -OCH3 is 1. The molecule has 0 bridgehead atoms. The summed E-state index contributed by atoms with van der Waals surface area (Å²) in [6, 6.07) is 7.73. The van der Waals surface area contributed by atoms with Crippen molar-refractivity contribution in [3.05, 3.63) is 24.3 Å². The molecule has 1 saturated carbocycles. The summed E-state index contributed by atoms with van der Waals surface area (Å²) >= 11 is 0. The summed E-state index contributed by atoms with van der Waals surface area (Å²) in [7, 11) is 1.65. The van der Waals surface area contributed by atoms with Gasteiger partial charge in [-0.2, -0.15) is 0 Å². The van der Waals surface area contributed by atoms with Crippen LogP contribution in [0.1, 0.15) is 45.4 Å². The van der Waals surface area contributed by atoms with Gasteiger partial charge in [-0.05, 0) is 30.4 Å². The Hall–Kier alpha value is -0.980. The van der Waals surface area contributed by atoms with E-state index in [0.29, 0.717) is 11.4 Å². The Morgan fingerprint density at radius 2 is 1.86 bits per heavy atom. The molecule has 0 aliphatic heterocycles. The lowest BCUT2D eigenvalue weighted by Crippen LogP contribution is -2.27. The van der Waals surface area contributed by atoms with E-state index in [0.717, 1.165) is 18.0 Å². The number of benzene rings is 1. The van der Waals surface area contributed by atoms with Crippen molar-refractivity contribution in [3.8, 4) is 5.75 Å². The molecule has 1 aliphatic carbocycles. The van der Waals surface area contributed by atoms with Crippen LogP contribution in [0.5, 0.6) is 5.75 Å². The molecule has 3 N–H and O–H groups in total. The molecule has 1 aromatic carbocycles. The summed E-state index contributed by atoms with van der Waals surface area (Å²) in [5, 5.41) is 3.14. The summed E-state index contributed by atoms with van der Waals surface area (Å²) < 4.78 is 5.30. The third-order valence-electron chi connectivity index (χ3n) is 4.31. The van der Waals surface area contributed by atoms with Crippen LogP contribution in [-0.4, -0.2) is 19.6 Å². The quantitative estimate of drug-likeness (QED) is 0.331. The van der Waals surface area contributed by atoms with Gasteiger partial charge in [-0.15, -0.1) is 24.0 Å². The monoisotopic (exact) mass is 417 g/mol. The molecule has 0 heterocycles. The van der Waals surface area contributed by atoms with Crippen LogP contribution in [0.4, 0.5) is 5.69 Å². The Balaban J connectivity index is 0.00000242. The van der Waals surface area contributed by atoms with E-state index in [2.05, 4.69) is 17.2 Å². The van der Waals surface area contributed by atoms with Crippen LogP contribution in [0.2, 0.25) is 0 Å². The van der Waals surface area contributed by atoms with Crippen LogP contribution in [-0.2, 0) is 0 Å². The van der Waals surface area contributed by atoms with Crippen molar-refractivity contribution in [3.63, 3.8) is 0 Å². The molecule has 4 nitrogen and oxygen atoms in total. The first-order chi connectivity index (χ1) is 10.1. The van der Waals surface area contributed by atoms with Gasteiger partial charge in [-0.25, -0.2) is 0 Å². The minimum Gasteiger partial charge on any atom is -0.495 e. The van der Waals surface area contributed by atoms with Crippen LogP contribution in [0.3, 0.4) is 0 Å². The minimum absolute atomic E-state index is 0. The number of ether oxygens (including phenoxy) is 1. The molecule has 124 valence electrons. The van der Waals surface area contributed by atoms with Crippen molar-refractivity contribution in [1.29, 1.82) is 0 Å². The molecule has 0 aromatic heterocycles. The van der Waals surface area contributed by atoms with Crippen molar-refractivity contribution >= 4 is 35.6 Å². The summed E-state index contributed by atoms with van der Waals surface area (Å²) in [6.07, 6.45) is 7.83. The number of halogens is 1. The minimum atomic E-state index is 0. The zero-order valence-corrected chi connectivity index (χ0v) is 15.9. The highest BCUT2D eigenvalue weighted by atomic mass is 127. The summed E-state index contributed by atoms with van der Waals surface area (Å²) in [5.74, 6) is 1.24. The van der Waals surface area contributed by atoms with E-state index < -0.39 is 0 Å². The van der Waals surface area contributed by atoms with Crippen molar-refractivity contribution in [2.45, 2.75) is 45.4 Å². The van der Waals surface area contributed by atoms with Gasteiger partial charge >= 0.3 is 0 Å². The molecular formula is C17H28IN3O. The Morgan fingerprint density at radius 3 is 2.50 bits per heavy atom. The number of hydrogen-bond donors (Lipinski definition) is 2. The smallest absolute Gasteiger partial charge is 0.193 e. The number of nitrogens with one attached hydrogen (secondary N) is 1. The fourth-order valence-electron chi connectivity index (χ4n) is 2.94. The first-order valence-electron chi connectivity index (χ1n) is 7.83. The van der Waals surface area contributed by atoms with Crippen LogP contribution in [0, 0.1) is 5.41 Å². The van der Waals surface area contributed by atoms with E-state index in [-0.39, 0.29) is 24.0 Å². The molecule has 0 amide bonds. The lowest BCUT2D eigenvalue weighted by Gasteiger charge is -2.26. The molecule has 0 spiro atoms. The molecule has 0 unspecified atom stereocenters. The van der Waals surface area contributed by atoms with Gasteiger partial charge in [-0.1, -0.05) is 44.7 Å². The van der Waals surface area contributed by atoms with Gasteiger partial charge in [0, 0.05) is 6.54 Å². The van der Waals surface area contributed by atoms with Gasteiger partial charge in [0.05, 0.1) is 12.8 Å². The Morgan fingerprint density at radius 1 is 1.23 bits per heavy atom. The first kappa shape index (κ1) is 19.1. The molecule has 0 atom stereocenters. The largest absolute Gasteiger partial charge is 0.495 e. The highest BCUT2D eigenvalue weighted by Crippen LogP contribution is 2.34. The number of guanidine groups is 1. The number of rotatable bonds is 4. The Bertz CT molecular complexity index is 483. The molecular weight excluding hydrogens is 389 g/mol. The number of aliphatic imine (C=N–C) groups is 1. The zero-order chi connectivity index (χ0) is 15.1. The van der Waals surface area contributed by atoms with Crippen LogP contribution in [0.25, 0.3) is 0 Å². The van der Waals surface area contributed by atoms with Crippen LogP contribution < -0.4 is 15.8 Å². The third kappa shape index (κ3) is 5.66. The van der Waals surface area contributed by atoms with E-state index >= 15 is 0 Å². The molecule has 1 aliphatic rings. The van der Waals surface area contributed by atoms with Crippen molar-refractivity contribution in [2.75, 3.05) is 19.0 Å². The molecule has 1 fully saturated rings. The second-order valence-corrected chi connectivity index (χ2v) is 6.25. The van der Waals surface area contributed by atoms with Gasteiger partial charge in [0.2, 0.25) is 0 Å². The first-order valence-corrected chi connectivity index (χ1v) is 7.83. The maximum absolute atomic E-state index is 6.03. The molecule has 22 heavy (non-hydrogen) atoms. The number of anilines is 1. The topological polar surface area (TPSA) is 59.6 Å². The summed E-state index contributed by atoms with van der Waals surface area (Å²) in [4.78, 5) is 4.56. The second kappa shape index (κ2) is 9.22. The average Bonchev–Trinajstić information content (AvgIpc) is 2.71. The zero-order valence-electron chi connectivity index (χ0n) is 13.6. The highest BCUT2D eigenvalue weighted by molar-refractivity contribution is 14.0. The second-order valence-electron chi connectivity index (χ2n) is 6.25. The fourth-order valence-corrected chi connectivity index (χ4v) is 2.94. The SMILES string of the molecule is COc1ccccc1NC(N)=NCC1(C)CCCCCC1.I. The molecule has 0 radical (unpaired) electrons. The third-order valence-corrected chi connectivity index (χ3v) is 4.31. The predicted octanol–water partition coefficient (Wildman–Crippen LogP) is 4.40. The lowest BCUT2D eigenvalue weighted by atomic mass is 9.83. The summed E-state index contributed by atoms with van der Waals surface area (Å²) in [5.41, 5.74) is 7.18. The highest BCUT2D eigenvalue weighted by Gasteiger charge is 2.25. The Kier molecular flexibility index (Phi) is 8.00. The number of nitrogens with zero attached hydrogens (tertiary/aromatic N) is 1. The van der Waals surface area contributed by atoms with Gasteiger partial charge < -0.3 is 15.8 Å². The van der Waals surface area contributed by atoms with E-state index in [1.165, 1.54) is 38.5 Å². The fraction of sp³-hybridized carbons (Fsp3) is 0.588.